The lowest BCUT2D eigenvalue weighted by Crippen LogP contribution is -2.05. The van der Waals surface area contributed by atoms with Crippen LogP contribution in [0.5, 0.6) is 0 Å². The van der Waals surface area contributed by atoms with E-state index >= 15 is 0 Å². The van der Waals surface area contributed by atoms with Gasteiger partial charge in [0.1, 0.15) is 17.3 Å². The summed E-state index contributed by atoms with van der Waals surface area (Å²) in [5.74, 6) is 1.17. The van der Waals surface area contributed by atoms with Gasteiger partial charge in [-0.25, -0.2) is 4.98 Å². The molecule has 1 N–H and O–H groups in total. The predicted octanol–water partition coefficient (Wildman–Crippen LogP) is 6.11. The summed E-state index contributed by atoms with van der Waals surface area (Å²) >= 11 is 11.8. The number of nitrogens with zero attached hydrogens (tertiary/aromatic N) is 2. The Morgan fingerprint density at radius 2 is 1.85 bits per heavy atom. The zero-order valence-electron chi connectivity index (χ0n) is 12.9. The summed E-state index contributed by atoms with van der Waals surface area (Å²) in [6, 6.07) is 10.6. The Morgan fingerprint density at radius 3 is 2.50 bits per heavy atom. The number of alkyl halides is 3. The largest absolute Gasteiger partial charge is 0.455 e. The van der Waals surface area contributed by atoms with E-state index in [-0.39, 0.29) is 5.82 Å². The van der Waals surface area contributed by atoms with Crippen LogP contribution in [0.25, 0.3) is 11.3 Å². The van der Waals surface area contributed by atoms with Gasteiger partial charge in [-0.3, -0.25) is 5.43 Å². The number of hydrazone groups is 1. The summed E-state index contributed by atoms with van der Waals surface area (Å²) in [7, 11) is 0. The molecule has 4 nitrogen and oxygen atoms in total. The maximum atomic E-state index is 12.5. The van der Waals surface area contributed by atoms with E-state index in [1.807, 2.05) is 0 Å². The van der Waals surface area contributed by atoms with Gasteiger partial charge in [-0.15, -0.1) is 0 Å². The molecular formula is C17H10Cl2F3N3O. The number of furan rings is 1. The first-order valence-corrected chi connectivity index (χ1v) is 7.96. The molecule has 3 aromatic rings. The van der Waals surface area contributed by atoms with Crippen molar-refractivity contribution in [3.8, 4) is 11.3 Å². The fourth-order valence-electron chi connectivity index (χ4n) is 2.02. The van der Waals surface area contributed by atoms with Crippen LogP contribution in [0.15, 0.2) is 58.2 Å². The molecular weight excluding hydrogens is 390 g/mol. The first-order chi connectivity index (χ1) is 12.3. The molecule has 0 saturated heterocycles. The molecule has 0 bridgehead atoms. The zero-order chi connectivity index (χ0) is 18.7. The quantitative estimate of drug-likeness (QED) is 0.425. The zero-order valence-corrected chi connectivity index (χ0v) is 14.4. The van der Waals surface area contributed by atoms with Gasteiger partial charge in [0.05, 0.1) is 21.8 Å². The van der Waals surface area contributed by atoms with Crippen molar-refractivity contribution in [2.75, 3.05) is 5.43 Å². The van der Waals surface area contributed by atoms with E-state index in [2.05, 4.69) is 15.5 Å². The molecule has 0 unspecified atom stereocenters. The molecule has 2 aromatic heterocycles. The van der Waals surface area contributed by atoms with E-state index in [9.17, 15) is 13.2 Å². The number of aromatic nitrogens is 1. The third-order valence-corrected chi connectivity index (χ3v) is 4.03. The number of hydrogen-bond donors (Lipinski definition) is 1. The van der Waals surface area contributed by atoms with Gasteiger partial charge in [0.25, 0.3) is 0 Å². The minimum atomic E-state index is -4.43. The van der Waals surface area contributed by atoms with Crippen molar-refractivity contribution in [3.05, 3.63) is 70.0 Å². The van der Waals surface area contributed by atoms with Crippen LogP contribution in [0.1, 0.15) is 11.3 Å². The Kier molecular flexibility index (Phi) is 5.20. The van der Waals surface area contributed by atoms with Crippen LogP contribution < -0.4 is 5.43 Å². The first-order valence-electron chi connectivity index (χ1n) is 7.20. The van der Waals surface area contributed by atoms with Crippen molar-refractivity contribution in [2.45, 2.75) is 6.18 Å². The normalized spacial score (nSPS) is 11.9. The van der Waals surface area contributed by atoms with E-state index in [4.69, 9.17) is 27.6 Å². The second-order valence-corrected chi connectivity index (χ2v) is 5.95. The van der Waals surface area contributed by atoms with E-state index in [1.165, 1.54) is 12.3 Å². The smallest absolute Gasteiger partial charge is 0.417 e. The monoisotopic (exact) mass is 399 g/mol. The SMILES string of the molecule is FC(F)(F)c1ccc(N/N=C/c2ccc(-c3ccc(Cl)c(Cl)c3)o2)nc1. The van der Waals surface area contributed by atoms with Crippen molar-refractivity contribution in [3.63, 3.8) is 0 Å². The third kappa shape index (κ3) is 4.36. The average molecular weight is 400 g/mol. The van der Waals surface area contributed by atoms with E-state index in [0.717, 1.165) is 17.8 Å². The predicted molar refractivity (Wildman–Crippen MR) is 94.6 cm³/mol. The summed E-state index contributed by atoms with van der Waals surface area (Å²) < 4.78 is 43.0. The molecule has 0 aliphatic carbocycles. The highest BCUT2D eigenvalue weighted by molar-refractivity contribution is 6.42. The molecule has 26 heavy (non-hydrogen) atoms. The Hall–Kier alpha value is -2.51. The van der Waals surface area contributed by atoms with Crippen molar-refractivity contribution >= 4 is 35.2 Å². The topological polar surface area (TPSA) is 50.4 Å². The molecule has 3 rings (SSSR count). The molecule has 0 atom stereocenters. The lowest BCUT2D eigenvalue weighted by molar-refractivity contribution is -0.137. The van der Waals surface area contributed by atoms with Crippen molar-refractivity contribution in [1.29, 1.82) is 0 Å². The summed E-state index contributed by atoms with van der Waals surface area (Å²) in [5, 5.41) is 4.73. The first kappa shape index (κ1) is 18.3. The standard InChI is InChI=1S/C17H10Cl2F3N3O/c18-13-4-1-10(7-14(13)19)15-5-3-12(26-15)9-24-25-16-6-2-11(8-23-16)17(20,21)22/h1-9H,(H,23,25)/b24-9+. The maximum absolute atomic E-state index is 12.5. The number of nitrogens with one attached hydrogen (secondary N) is 1. The molecule has 0 radical (unpaired) electrons. The molecule has 9 heteroatoms. The Bertz CT molecular complexity index is 937. The number of rotatable bonds is 4. The lowest BCUT2D eigenvalue weighted by Gasteiger charge is -2.06. The maximum Gasteiger partial charge on any atom is 0.417 e. The van der Waals surface area contributed by atoms with Gasteiger partial charge < -0.3 is 4.42 Å². The van der Waals surface area contributed by atoms with Crippen LogP contribution in [0.3, 0.4) is 0 Å². The van der Waals surface area contributed by atoms with Gasteiger partial charge in [0, 0.05) is 11.8 Å². The molecule has 0 aliphatic rings. The van der Waals surface area contributed by atoms with Crippen LogP contribution >= 0.6 is 23.2 Å². The Labute approximate surface area is 156 Å². The fourth-order valence-corrected chi connectivity index (χ4v) is 2.31. The summed E-state index contributed by atoms with van der Waals surface area (Å²) in [4.78, 5) is 3.64. The van der Waals surface area contributed by atoms with Gasteiger partial charge in [-0.1, -0.05) is 23.2 Å². The van der Waals surface area contributed by atoms with Crippen molar-refractivity contribution in [1.82, 2.24) is 4.98 Å². The molecule has 0 fully saturated rings. The van der Waals surface area contributed by atoms with Crippen LogP contribution in [0.4, 0.5) is 19.0 Å². The van der Waals surface area contributed by atoms with Crippen LogP contribution in [0.2, 0.25) is 10.0 Å². The molecule has 0 amide bonds. The molecule has 0 aliphatic heterocycles. The fraction of sp³-hybridized carbons (Fsp3) is 0.0588. The lowest BCUT2D eigenvalue weighted by atomic mass is 10.2. The highest BCUT2D eigenvalue weighted by Crippen LogP contribution is 2.30. The number of hydrogen-bond acceptors (Lipinski definition) is 4. The number of benzene rings is 1. The van der Waals surface area contributed by atoms with Crippen molar-refractivity contribution in [2.24, 2.45) is 5.10 Å². The molecule has 134 valence electrons. The summed E-state index contributed by atoms with van der Waals surface area (Å²) in [6.07, 6.45) is -2.32. The van der Waals surface area contributed by atoms with Crippen molar-refractivity contribution < 1.29 is 17.6 Å². The van der Waals surface area contributed by atoms with E-state index < -0.39 is 11.7 Å². The van der Waals surface area contributed by atoms with Gasteiger partial charge >= 0.3 is 6.18 Å². The van der Waals surface area contributed by atoms with Crippen LogP contribution in [-0.4, -0.2) is 11.2 Å². The minimum absolute atomic E-state index is 0.172. The molecule has 0 spiro atoms. The van der Waals surface area contributed by atoms with Gasteiger partial charge in [0.2, 0.25) is 0 Å². The van der Waals surface area contributed by atoms with Gasteiger partial charge in [-0.05, 0) is 42.5 Å². The van der Waals surface area contributed by atoms with E-state index in [1.54, 1.807) is 30.3 Å². The highest BCUT2D eigenvalue weighted by Gasteiger charge is 2.30. The second kappa shape index (κ2) is 7.39. The van der Waals surface area contributed by atoms with E-state index in [0.29, 0.717) is 21.6 Å². The second-order valence-electron chi connectivity index (χ2n) is 5.13. The molecule has 1 aromatic carbocycles. The minimum Gasteiger partial charge on any atom is -0.455 e. The van der Waals surface area contributed by atoms with Gasteiger partial charge in [-0.2, -0.15) is 18.3 Å². The van der Waals surface area contributed by atoms with Crippen LogP contribution in [-0.2, 0) is 6.18 Å². The number of halogens is 5. The summed E-state index contributed by atoms with van der Waals surface area (Å²) in [6.45, 7) is 0. The Balaban J connectivity index is 1.66. The molecule has 0 saturated carbocycles. The summed E-state index contributed by atoms with van der Waals surface area (Å²) in [5.41, 5.74) is 2.45. The molecule has 2 heterocycles. The Morgan fingerprint density at radius 1 is 1.04 bits per heavy atom. The number of anilines is 1. The van der Waals surface area contributed by atoms with Crippen LogP contribution in [0, 0.1) is 0 Å². The van der Waals surface area contributed by atoms with Gasteiger partial charge in [0.15, 0.2) is 0 Å². The third-order valence-electron chi connectivity index (χ3n) is 3.29. The highest BCUT2D eigenvalue weighted by atomic mass is 35.5. The number of pyridine rings is 1. The average Bonchev–Trinajstić information content (AvgIpc) is 3.06.